The number of rotatable bonds is 6. The summed E-state index contributed by atoms with van der Waals surface area (Å²) < 4.78 is 10.4. The third-order valence-corrected chi connectivity index (χ3v) is 4.72. The summed E-state index contributed by atoms with van der Waals surface area (Å²) in [5.74, 6) is -1.27. The van der Waals surface area contributed by atoms with Crippen molar-refractivity contribution >= 4 is 41.0 Å². The molecule has 1 fully saturated rings. The molecule has 4 amide bonds. The minimum atomic E-state index is -0.961. The maximum Gasteiger partial charge on any atom is 0.336 e. The maximum absolute atomic E-state index is 13.2. The molecule has 0 radical (unpaired) electrons. The van der Waals surface area contributed by atoms with Gasteiger partial charge >= 0.3 is 6.03 Å². The third-order valence-electron chi connectivity index (χ3n) is 4.72. The second kappa shape index (κ2) is 8.76. The number of nitrogens with one attached hydrogen (secondary N) is 1. The summed E-state index contributed by atoms with van der Waals surface area (Å²) in [5.41, 5.74) is 0.0978. The van der Waals surface area contributed by atoms with Gasteiger partial charge in [0.2, 0.25) is 0 Å². The number of nitro benzene ring substituents is 1. The molecule has 0 atom stereocenters. The molecule has 3 rings (SSSR count). The Balaban J connectivity index is 2.09. The first-order chi connectivity index (χ1) is 15.2. The number of urea groups is 1. The molecule has 166 valence electrons. The van der Waals surface area contributed by atoms with Crippen LogP contribution in [0, 0.1) is 10.1 Å². The smallest absolute Gasteiger partial charge is 0.336 e. The summed E-state index contributed by atoms with van der Waals surface area (Å²) in [4.78, 5) is 51.3. The highest BCUT2D eigenvalue weighted by Crippen LogP contribution is 2.35. The minimum absolute atomic E-state index is 0.0710. The SMILES string of the molecule is COc1ccc(OC)c(N2C(=O)NC(=O)C(=Cc3ccc(N(C)C)c([N+](=O)[O-])c3)C2=O)c1. The van der Waals surface area contributed by atoms with E-state index in [0.29, 0.717) is 11.4 Å². The molecule has 1 heterocycles. The largest absolute Gasteiger partial charge is 0.497 e. The zero-order valence-corrected chi connectivity index (χ0v) is 17.7. The summed E-state index contributed by atoms with van der Waals surface area (Å²) in [6.07, 6.45) is 1.19. The van der Waals surface area contributed by atoms with Gasteiger partial charge in [0.25, 0.3) is 17.5 Å². The van der Waals surface area contributed by atoms with Crippen LogP contribution in [-0.4, -0.2) is 51.1 Å². The van der Waals surface area contributed by atoms with Gasteiger partial charge in [0, 0.05) is 26.2 Å². The molecule has 11 heteroatoms. The molecule has 0 aromatic heterocycles. The fourth-order valence-electron chi connectivity index (χ4n) is 3.17. The molecule has 1 aliphatic heterocycles. The van der Waals surface area contributed by atoms with Crippen LogP contribution in [0.4, 0.5) is 21.9 Å². The Labute approximate surface area is 183 Å². The van der Waals surface area contributed by atoms with E-state index < -0.39 is 22.8 Å². The number of benzene rings is 2. The summed E-state index contributed by atoms with van der Waals surface area (Å²) in [7, 11) is 6.10. The van der Waals surface area contributed by atoms with Crippen LogP contribution in [0.3, 0.4) is 0 Å². The summed E-state index contributed by atoms with van der Waals surface area (Å²) in [6.45, 7) is 0. The van der Waals surface area contributed by atoms with Crippen LogP contribution in [0.15, 0.2) is 42.0 Å². The van der Waals surface area contributed by atoms with Gasteiger partial charge in [-0.1, -0.05) is 6.07 Å². The molecule has 11 nitrogen and oxygen atoms in total. The lowest BCUT2D eigenvalue weighted by Gasteiger charge is -2.27. The number of carbonyl (C=O) groups excluding carboxylic acids is 3. The lowest BCUT2D eigenvalue weighted by molar-refractivity contribution is -0.384. The van der Waals surface area contributed by atoms with E-state index in [-0.39, 0.29) is 28.3 Å². The Bertz CT molecular complexity index is 1160. The number of ether oxygens (including phenoxy) is 2. The summed E-state index contributed by atoms with van der Waals surface area (Å²) in [5, 5.41) is 13.5. The average Bonchev–Trinajstić information content (AvgIpc) is 2.76. The lowest BCUT2D eigenvalue weighted by atomic mass is 10.1. The van der Waals surface area contributed by atoms with Crippen LogP contribution in [0.2, 0.25) is 0 Å². The topological polar surface area (TPSA) is 131 Å². The number of amides is 4. The number of barbiturate groups is 1. The Morgan fingerprint density at radius 2 is 1.78 bits per heavy atom. The molecule has 1 aliphatic rings. The lowest BCUT2D eigenvalue weighted by Crippen LogP contribution is -2.54. The minimum Gasteiger partial charge on any atom is -0.497 e. The van der Waals surface area contributed by atoms with Crippen LogP contribution in [0.5, 0.6) is 11.5 Å². The van der Waals surface area contributed by atoms with Gasteiger partial charge in [-0.3, -0.25) is 25.0 Å². The van der Waals surface area contributed by atoms with Crippen LogP contribution >= 0.6 is 0 Å². The maximum atomic E-state index is 13.2. The second-order valence-corrected chi connectivity index (χ2v) is 6.90. The average molecular weight is 440 g/mol. The van der Waals surface area contributed by atoms with Crippen molar-refractivity contribution in [2.24, 2.45) is 0 Å². The molecule has 2 aromatic carbocycles. The molecule has 0 saturated carbocycles. The third kappa shape index (κ3) is 4.08. The first-order valence-electron chi connectivity index (χ1n) is 9.27. The Hall–Kier alpha value is -4.41. The number of imide groups is 2. The van der Waals surface area contributed by atoms with Gasteiger partial charge in [0.1, 0.15) is 22.8 Å². The Morgan fingerprint density at radius 3 is 2.38 bits per heavy atom. The molecule has 32 heavy (non-hydrogen) atoms. The van der Waals surface area contributed by atoms with Crippen molar-refractivity contribution in [3.05, 3.63) is 57.6 Å². The van der Waals surface area contributed by atoms with E-state index in [4.69, 9.17) is 9.47 Å². The quantitative estimate of drug-likeness (QED) is 0.313. The van der Waals surface area contributed by atoms with Gasteiger partial charge in [-0.2, -0.15) is 0 Å². The van der Waals surface area contributed by atoms with Gasteiger partial charge in [-0.05, 0) is 29.8 Å². The van der Waals surface area contributed by atoms with Gasteiger partial charge in [0.15, 0.2) is 0 Å². The Morgan fingerprint density at radius 1 is 1.06 bits per heavy atom. The number of carbonyl (C=O) groups is 3. The van der Waals surface area contributed by atoms with Crippen molar-refractivity contribution in [1.29, 1.82) is 0 Å². The van der Waals surface area contributed by atoms with E-state index >= 15 is 0 Å². The van der Waals surface area contributed by atoms with E-state index in [1.54, 1.807) is 25.1 Å². The van der Waals surface area contributed by atoms with E-state index in [2.05, 4.69) is 5.32 Å². The van der Waals surface area contributed by atoms with Gasteiger partial charge in [-0.25, -0.2) is 9.69 Å². The zero-order valence-electron chi connectivity index (χ0n) is 17.7. The number of methoxy groups -OCH3 is 2. The van der Waals surface area contributed by atoms with Crippen molar-refractivity contribution in [2.45, 2.75) is 0 Å². The molecule has 0 unspecified atom stereocenters. The molecule has 0 spiro atoms. The fourth-order valence-corrected chi connectivity index (χ4v) is 3.17. The van der Waals surface area contributed by atoms with Crippen LogP contribution in [0.1, 0.15) is 5.56 Å². The van der Waals surface area contributed by atoms with E-state index in [1.807, 2.05) is 0 Å². The highest BCUT2D eigenvalue weighted by molar-refractivity contribution is 6.39. The van der Waals surface area contributed by atoms with Crippen LogP contribution in [-0.2, 0) is 9.59 Å². The van der Waals surface area contributed by atoms with E-state index in [0.717, 1.165) is 4.90 Å². The normalized spacial score (nSPS) is 14.9. The number of hydrogen-bond donors (Lipinski definition) is 1. The standard InChI is InChI=1S/C21H20N4O7/c1-23(2)15-7-5-12(10-16(15)25(29)30)9-14-19(26)22-21(28)24(20(14)27)17-11-13(31-3)6-8-18(17)32-4/h5-11H,1-4H3,(H,22,26,28). The molecule has 1 saturated heterocycles. The monoisotopic (exact) mass is 440 g/mol. The van der Waals surface area contributed by atoms with Crippen molar-refractivity contribution in [3.8, 4) is 11.5 Å². The van der Waals surface area contributed by atoms with Gasteiger partial charge < -0.3 is 14.4 Å². The zero-order chi connectivity index (χ0) is 23.6. The predicted molar refractivity (Wildman–Crippen MR) is 116 cm³/mol. The highest BCUT2D eigenvalue weighted by atomic mass is 16.6. The molecule has 2 aromatic rings. The molecular formula is C21H20N4O7. The number of nitrogens with zero attached hydrogens (tertiary/aromatic N) is 3. The van der Waals surface area contributed by atoms with Gasteiger partial charge in [-0.15, -0.1) is 0 Å². The molecule has 0 bridgehead atoms. The molecular weight excluding hydrogens is 420 g/mol. The number of hydrogen-bond acceptors (Lipinski definition) is 8. The second-order valence-electron chi connectivity index (χ2n) is 6.90. The van der Waals surface area contributed by atoms with E-state index in [9.17, 15) is 24.5 Å². The van der Waals surface area contributed by atoms with E-state index in [1.165, 1.54) is 50.6 Å². The Kier molecular flexibility index (Phi) is 6.10. The van der Waals surface area contributed by atoms with Crippen molar-refractivity contribution in [3.63, 3.8) is 0 Å². The van der Waals surface area contributed by atoms with Crippen molar-refractivity contribution < 1.29 is 28.8 Å². The van der Waals surface area contributed by atoms with Crippen LogP contribution in [0.25, 0.3) is 6.08 Å². The number of anilines is 2. The summed E-state index contributed by atoms with van der Waals surface area (Å²) >= 11 is 0. The molecule has 1 N–H and O–H groups in total. The van der Waals surface area contributed by atoms with Crippen molar-refractivity contribution in [1.82, 2.24) is 5.32 Å². The van der Waals surface area contributed by atoms with Crippen molar-refractivity contribution in [2.75, 3.05) is 38.1 Å². The highest BCUT2D eigenvalue weighted by Gasteiger charge is 2.38. The molecule has 0 aliphatic carbocycles. The fraction of sp³-hybridized carbons (Fsp3) is 0.190. The van der Waals surface area contributed by atoms with Gasteiger partial charge in [0.05, 0.1) is 24.8 Å². The van der Waals surface area contributed by atoms with Crippen LogP contribution < -0.4 is 24.6 Å². The first kappa shape index (κ1) is 22.3. The predicted octanol–water partition coefficient (Wildman–Crippen LogP) is 2.34. The summed E-state index contributed by atoms with van der Waals surface area (Å²) in [6, 6.07) is 7.83. The number of nitro groups is 1. The first-order valence-corrected chi connectivity index (χ1v) is 9.27.